The quantitative estimate of drug-likeness (QED) is 0.817. The third-order valence-electron chi connectivity index (χ3n) is 3.14. The fourth-order valence-electron chi connectivity index (χ4n) is 2.37. The summed E-state index contributed by atoms with van der Waals surface area (Å²) >= 11 is 0. The zero-order chi connectivity index (χ0) is 11.8. The highest BCUT2D eigenvalue weighted by atomic mass is 19.1. The second kappa shape index (κ2) is 3.87. The standard InChI is InChI=1S/C13H14FN3/c1-17-13-11(6-3-7-15-13)12(16-17)9-4-2-5-10(14)8-9/h2,4-5,8,15H,3,6-7H2,1H3. The molecule has 0 fully saturated rings. The Kier molecular flexibility index (Phi) is 2.35. The van der Waals surface area contributed by atoms with Gasteiger partial charge in [-0.25, -0.2) is 4.39 Å². The zero-order valence-corrected chi connectivity index (χ0v) is 9.70. The number of nitrogens with one attached hydrogen (secondary N) is 1. The van der Waals surface area contributed by atoms with Gasteiger partial charge in [0.1, 0.15) is 11.6 Å². The molecule has 3 rings (SSSR count). The van der Waals surface area contributed by atoms with Gasteiger partial charge in [0.05, 0.1) is 5.69 Å². The van der Waals surface area contributed by atoms with E-state index in [1.54, 1.807) is 6.07 Å². The van der Waals surface area contributed by atoms with Crippen LogP contribution in [0.3, 0.4) is 0 Å². The van der Waals surface area contributed by atoms with Crippen molar-refractivity contribution >= 4 is 5.82 Å². The van der Waals surface area contributed by atoms with Crippen LogP contribution in [0.5, 0.6) is 0 Å². The van der Waals surface area contributed by atoms with Crippen molar-refractivity contribution in [2.75, 3.05) is 11.9 Å². The lowest BCUT2D eigenvalue weighted by Crippen LogP contribution is -2.13. The zero-order valence-electron chi connectivity index (χ0n) is 9.70. The Labute approximate surface area is 99.3 Å². The van der Waals surface area contributed by atoms with Gasteiger partial charge in [-0.3, -0.25) is 4.68 Å². The summed E-state index contributed by atoms with van der Waals surface area (Å²) in [6.07, 6.45) is 2.10. The third-order valence-corrected chi connectivity index (χ3v) is 3.14. The van der Waals surface area contributed by atoms with Crippen molar-refractivity contribution in [2.24, 2.45) is 7.05 Å². The van der Waals surface area contributed by atoms with E-state index in [2.05, 4.69) is 10.4 Å². The van der Waals surface area contributed by atoms with Gasteiger partial charge in [-0.2, -0.15) is 5.10 Å². The van der Waals surface area contributed by atoms with Gasteiger partial charge in [0.15, 0.2) is 0 Å². The summed E-state index contributed by atoms with van der Waals surface area (Å²) in [5, 5.41) is 7.83. The minimum atomic E-state index is -0.217. The van der Waals surface area contributed by atoms with Crippen LogP contribution in [0.4, 0.5) is 10.2 Å². The number of hydrogen-bond donors (Lipinski definition) is 1. The van der Waals surface area contributed by atoms with E-state index in [1.807, 2.05) is 17.8 Å². The lowest BCUT2D eigenvalue weighted by molar-refractivity contribution is 0.628. The molecule has 88 valence electrons. The van der Waals surface area contributed by atoms with Gasteiger partial charge in [-0.1, -0.05) is 12.1 Å². The summed E-state index contributed by atoms with van der Waals surface area (Å²) in [5.41, 5.74) is 2.95. The molecule has 0 aliphatic carbocycles. The lowest BCUT2D eigenvalue weighted by Gasteiger charge is -2.15. The number of aromatic nitrogens is 2. The molecular weight excluding hydrogens is 217 g/mol. The molecule has 17 heavy (non-hydrogen) atoms. The molecule has 1 aliphatic heterocycles. The number of halogens is 1. The Balaban J connectivity index is 2.15. The molecule has 1 aromatic heterocycles. The molecule has 0 bridgehead atoms. The molecule has 0 radical (unpaired) electrons. The van der Waals surface area contributed by atoms with Crippen molar-refractivity contribution in [1.82, 2.24) is 9.78 Å². The first-order valence-corrected chi connectivity index (χ1v) is 5.81. The molecule has 2 heterocycles. The van der Waals surface area contributed by atoms with Crippen LogP contribution >= 0.6 is 0 Å². The topological polar surface area (TPSA) is 29.9 Å². The highest BCUT2D eigenvalue weighted by Gasteiger charge is 2.20. The largest absolute Gasteiger partial charge is 0.370 e. The summed E-state index contributed by atoms with van der Waals surface area (Å²) in [5.74, 6) is 0.848. The van der Waals surface area contributed by atoms with Crippen molar-refractivity contribution in [2.45, 2.75) is 12.8 Å². The molecule has 1 N–H and O–H groups in total. The third kappa shape index (κ3) is 1.69. The SMILES string of the molecule is Cn1nc(-c2cccc(F)c2)c2c1NCCC2. The number of anilines is 1. The normalized spacial score (nSPS) is 14.2. The first-order valence-electron chi connectivity index (χ1n) is 5.81. The fraction of sp³-hybridized carbons (Fsp3) is 0.308. The molecule has 1 aromatic carbocycles. The first-order chi connectivity index (χ1) is 8.25. The second-order valence-corrected chi connectivity index (χ2v) is 4.34. The molecule has 0 spiro atoms. The molecule has 1 aliphatic rings. The molecule has 0 amide bonds. The summed E-state index contributed by atoms with van der Waals surface area (Å²) < 4.78 is 15.1. The maximum Gasteiger partial charge on any atom is 0.127 e. The molecule has 3 nitrogen and oxygen atoms in total. The van der Waals surface area contributed by atoms with Gasteiger partial charge in [-0.05, 0) is 25.0 Å². The van der Waals surface area contributed by atoms with Crippen LogP contribution < -0.4 is 5.32 Å². The van der Waals surface area contributed by atoms with E-state index in [0.717, 1.165) is 36.5 Å². The summed E-state index contributed by atoms with van der Waals surface area (Å²) in [6.45, 7) is 0.981. The van der Waals surface area contributed by atoms with Gasteiger partial charge in [0.2, 0.25) is 0 Å². The van der Waals surface area contributed by atoms with Crippen molar-refractivity contribution < 1.29 is 4.39 Å². The molecule has 0 saturated heterocycles. The van der Waals surface area contributed by atoms with Gasteiger partial charge >= 0.3 is 0 Å². The van der Waals surface area contributed by atoms with Crippen molar-refractivity contribution in [3.05, 3.63) is 35.6 Å². The van der Waals surface area contributed by atoms with Crippen LogP contribution in [0, 0.1) is 5.82 Å². The van der Waals surface area contributed by atoms with Crippen LogP contribution in [0.1, 0.15) is 12.0 Å². The average molecular weight is 231 g/mol. The monoisotopic (exact) mass is 231 g/mol. The van der Waals surface area contributed by atoms with Crippen LogP contribution in [-0.4, -0.2) is 16.3 Å². The number of fused-ring (bicyclic) bond motifs is 1. The van der Waals surface area contributed by atoms with E-state index in [0.29, 0.717) is 0 Å². The Morgan fingerprint density at radius 2 is 2.29 bits per heavy atom. The second-order valence-electron chi connectivity index (χ2n) is 4.34. The minimum absolute atomic E-state index is 0.217. The molecule has 0 atom stereocenters. The van der Waals surface area contributed by atoms with Gasteiger partial charge < -0.3 is 5.32 Å². The van der Waals surface area contributed by atoms with E-state index >= 15 is 0 Å². The van der Waals surface area contributed by atoms with Crippen molar-refractivity contribution in [3.63, 3.8) is 0 Å². The maximum absolute atomic E-state index is 13.2. The van der Waals surface area contributed by atoms with E-state index in [9.17, 15) is 4.39 Å². The van der Waals surface area contributed by atoms with Crippen LogP contribution in [-0.2, 0) is 13.5 Å². The molecule has 4 heteroatoms. The highest BCUT2D eigenvalue weighted by molar-refractivity contribution is 5.70. The summed E-state index contributed by atoms with van der Waals surface area (Å²) in [6, 6.07) is 6.62. The fourth-order valence-corrected chi connectivity index (χ4v) is 2.37. The van der Waals surface area contributed by atoms with Crippen molar-refractivity contribution in [1.29, 1.82) is 0 Å². The maximum atomic E-state index is 13.2. The van der Waals surface area contributed by atoms with Crippen LogP contribution in [0.25, 0.3) is 11.3 Å². The Morgan fingerprint density at radius 3 is 3.12 bits per heavy atom. The number of benzene rings is 1. The molecule has 0 unspecified atom stereocenters. The highest BCUT2D eigenvalue weighted by Crippen LogP contribution is 2.31. The number of rotatable bonds is 1. The van der Waals surface area contributed by atoms with E-state index < -0.39 is 0 Å². The predicted octanol–water partition coefficient (Wildman–Crippen LogP) is 2.58. The van der Waals surface area contributed by atoms with E-state index in [1.165, 1.54) is 17.7 Å². The van der Waals surface area contributed by atoms with Gasteiger partial charge in [0, 0.05) is 24.7 Å². The van der Waals surface area contributed by atoms with E-state index in [-0.39, 0.29) is 5.82 Å². The van der Waals surface area contributed by atoms with Crippen LogP contribution in [0.15, 0.2) is 24.3 Å². The number of hydrogen-bond acceptors (Lipinski definition) is 2. The van der Waals surface area contributed by atoms with Gasteiger partial charge in [-0.15, -0.1) is 0 Å². The Bertz CT molecular complexity index is 560. The average Bonchev–Trinajstić information content (AvgIpc) is 2.68. The van der Waals surface area contributed by atoms with Gasteiger partial charge in [0.25, 0.3) is 0 Å². The predicted molar refractivity (Wildman–Crippen MR) is 65.4 cm³/mol. The first kappa shape index (κ1) is 10.3. The Hall–Kier alpha value is -1.84. The van der Waals surface area contributed by atoms with Crippen molar-refractivity contribution in [3.8, 4) is 11.3 Å². The summed E-state index contributed by atoms with van der Waals surface area (Å²) in [7, 11) is 1.92. The summed E-state index contributed by atoms with van der Waals surface area (Å²) in [4.78, 5) is 0. The number of aryl methyl sites for hydroxylation is 1. The van der Waals surface area contributed by atoms with E-state index in [4.69, 9.17) is 0 Å². The minimum Gasteiger partial charge on any atom is -0.370 e. The smallest absolute Gasteiger partial charge is 0.127 e. The lowest BCUT2D eigenvalue weighted by atomic mass is 10.0. The molecule has 2 aromatic rings. The molecular formula is C13H14FN3. The number of nitrogens with zero attached hydrogens (tertiary/aromatic N) is 2. The Morgan fingerprint density at radius 1 is 1.41 bits per heavy atom. The van der Waals surface area contributed by atoms with Crippen LogP contribution in [0.2, 0.25) is 0 Å². The molecule has 0 saturated carbocycles.